The molecular formula is C15H24N2O2S2. The van der Waals surface area contributed by atoms with Crippen molar-refractivity contribution in [3.05, 3.63) is 28.2 Å². The van der Waals surface area contributed by atoms with E-state index in [1.165, 1.54) is 11.3 Å². The molecule has 1 aromatic heterocycles. The lowest BCUT2D eigenvalue weighted by Gasteiger charge is -2.24. The molecule has 4 nitrogen and oxygen atoms in total. The summed E-state index contributed by atoms with van der Waals surface area (Å²) in [7, 11) is -3.35. The molecule has 0 bridgehead atoms. The van der Waals surface area contributed by atoms with Crippen LogP contribution in [0.3, 0.4) is 0 Å². The lowest BCUT2D eigenvalue weighted by Crippen LogP contribution is -2.34. The third-order valence-corrected chi connectivity index (χ3v) is 7.09. The van der Waals surface area contributed by atoms with Gasteiger partial charge in [-0.05, 0) is 31.9 Å². The van der Waals surface area contributed by atoms with E-state index < -0.39 is 10.0 Å². The van der Waals surface area contributed by atoms with Gasteiger partial charge in [-0.25, -0.2) is 8.42 Å². The molecule has 1 aliphatic heterocycles. The van der Waals surface area contributed by atoms with Crippen molar-refractivity contribution in [1.29, 1.82) is 0 Å². The number of aryl methyl sites for hydroxylation is 1. The zero-order valence-electron chi connectivity index (χ0n) is 13.1. The Morgan fingerprint density at radius 1 is 1.38 bits per heavy atom. The van der Waals surface area contributed by atoms with Crippen LogP contribution in [0.25, 0.3) is 0 Å². The van der Waals surface area contributed by atoms with Crippen molar-refractivity contribution in [2.75, 3.05) is 13.1 Å². The molecule has 0 fully saturated rings. The third kappa shape index (κ3) is 3.94. The van der Waals surface area contributed by atoms with Gasteiger partial charge in [-0.3, -0.25) is 0 Å². The number of nitrogens with one attached hydrogen (secondary N) is 1. The maximum atomic E-state index is 12.7. The van der Waals surface area contributed by atoms with Crippen molar-refractivity contribution in [2.24, 2.45) is 0 Å². The first-order valence-corrected chi connectivity index (χ1v) is 9.55. The van der Waals surface area contributed by atoms with Crippen LogP contribution in [-0.4, -0.2) is 31.9 Å². The molecule has 2 heterocycles. The zero-order valence-corrected chi connectivity index (χ0v) is 14.8. The molecule has 1 N–H and O–H groups in total. The zero-order chi connectivity index (χ0) is 15.6. The van der Waals surface area contributed by atoms with Crippen LogP contribution in [0, 0.1) is 6.92 Å². The first kappa shape index (κ1) is 16.7. The van der Waals surface area contributed by atoms with E-state index in [1.807, 2.05) is 19.9 Å². The summed E-state index contributed by atoms with van der Waals surface area (Å²) in [5.74, 6) is 0. The number of thiophene rings is 1. The van der Waals surface area contributed by atoms with E-state index in [0.29, 0.717) is 23.3 Å². The summed E-state index contributed by atoms with van der Waals surface area (Å²) in [5, 5.41) is 3.35. The Hall–Kier alpha value is -0.690. The fourth-order valence-electron chi connectivity index (χ4n) is 2.30. The average Bonchev–Trinajstić information content (AvgIpc) is 2.78. The fraction of sp³-hybridized carbons (Fsp3) is 0.600. The highest BCUT2D eigenvalue weighted by Crippen LogP contribution is 2.29. The number of hydrogen-bond donors (Lipinski definition) is 1. The SMILES string of the molecule is CC1=CCCN(S(=O)(=O)c2cc(C)c(CNC(C)C)s2)C1. The van der Waals surface area contributed by atoms with Gasteiger partial charge in [0, 0.05) is 30.6 Å². The molecule has 1 aliphatic rings. The Balaban J connectivity index is 2.21. The standard InChI is InChI=1S/C15H24N2O2S2/c1-11(2)16-9-14-13(4)8-15(20-14)21(18,19)17-7-5-6-12(3)10-17/h6,8,11,16H,5,7,9-10H2,1-4H3. The number of nitrogens with zero attached hydrogens (tertiary/aromatic N) is 1. The van der Waals surface area contributed by atoms with Crippen LogP contribution in [0.4, 0.5) is 0 Å². The minimum atomic E-state index is -3.35. The Kier molecular flexibility index (Phi) is 5.24. The number of sulfonamides is 1. The van der Waals surface area contributed by atoms with Gasteiger partial charge in [-0.15, -0.1) is 11.3 Å². The summed E-state index contributed by atoms with van der Waals surface area (Å²) in [6.07, 6.45) is 2.92. The summed E-state index contributed by atoms with van der Waals surface area (Å²) < 4.78 is 27.5. The van der Waals surface area contributed by atoms with E-state index in [1.54, 1.807) is 4.31 Å². The number of rotatable bonds is 5. The molecule has 21 heavy (non-hydrogen) atoms. The molecule has 2 rings (SSSR count). The van der Waals surface area contributed by atoms with Gasteiger partial charge < -0.3 is 5.32 Å². The Labute approximate surface area is 131 Å². The number of hydrogen-bond acceptors (Lipinski definition) is 4. The largest absolute Gasteiger partial charge is 0.310 e. The van der Waals surface area contributed by atoms with Gasteiger partial charge in [0.15, 0.2) is 0 Å². The Morgan fingerprint density at radius 2 is 2.10 bits per heavy atom. The molecule has 0 unspecified atom stereocenters. The summed E-state index contributed by atoms with van der Waals surface area (Å²) in [6.45, 7) is 9.96. The molecule has 6 heteroatoms. The van der Waals surface area contributed by atoms with Crippen molar-refractivity contribution < 1.29 is 8.42 Å². The minimum Gasteiger partial charge on any atom is -0.310 e. The molecule has 0 spiro atoms. The molecule has 118 valence electrons. The highest BCUT2D eigenvalue weighted by Gasteiger charge is 2.28. The molecule has 0 saturated heterocycles. The Bertz CT molecular complexity index is 630. The van der Waals surface area contributed by atoms with Crippen LogP contribution >= 0.6 is 11.3 Å². The van der Waals surface area contributed by atoms with E-state index in [9.17, 15) is 8.42 Å². The van der Waals surface area contributed by atoms with Crippen LogP contribution in [-0.2, 0) is 16.6 Å². The summed E-state index contributed by atoms with van der Waals surface area (Å²) >= 11 is 1.39. The quantitative estimate of drug-likeness (QED) is 0.846. The van der Waals surface area contributed by atoms with Crippen LogP contribution in [0.2, 0.25) is 0 Å². The van der Waals surface area contributed by atoms with Gasteiger partial charge in [0.25, 0.3) is 10.0 Å². The third-order valence-electron chi connectivity index (χ3n) is 3.56. The topological polar surface area (TPSA) is 49.4 Å². The van der Waals surface area contributed by atoms with E-state index >= 15 is 0 Å². The second-order valence-corrected chi connectivity index (χ2v) is 9.19. The summed E-state index contributed by atoms with van der Waals surface area (Å²) in [5.41, 5.74) is 2.18. The van der Waals surface area contributed by atoms with E-state index in [0.717, 1.165) is 29.0 Å². The molecule has 0 amide bonds. The van der Waals surface area contributed by atoms with E-state index in [4.69, 9.17) is 0 Å². The smallest absolute Gasteiger partial charge is 0.252 e. The average molecular weight is 329 g/mol. The summed E-state index contributed by atoms with van der Waals surface area (Å²) in [4.78, 5) is 1.10. The van der Waals surface area contributed by atoms with E-state index in [-0.39, 0.29) is 0 Å². The molecule has 0 aromatic carbocycles. The first-order valence-electron chi connectivity index (χ1n) is 7.29. The van der Waals surface area contributed by atoms with Gasteiger partial charge in [-0.2, -0.15) is 4.31 Å². The monoisotopic (exact) mass is 328 g/mol. The first-order chi connectivity index (χ1) is 9.80. The second kappa shape index (κ2) is 6.60. The van der Waals surface area contributed by atoms with Crippen LogP contribution in [0.15, 0.2) is 21.9 Å². The van der Waals surface area contributed by atoms with Crippen molar-refractivity contribution in [2.45, 2.75) is 50.9 Å². The van der Waals surface area contributed by atoms with Crippen molar-refractivity contribution >= 4 is 21.4 Å². The maximum Gasteiger partial charge on any atom is 0.252 e. The lowest BCUT2D eigenvalue weighted by molar-refractivity contribution is 0.429. The van der Waals surface area contributed by atoms with Crippen molar-refractivity contribution in [3.8, 4) is 0 Å². The molecule has 1 aromatic rings. The lowest BCUT2D eigenvalue weighted by atomic mass is 10.2. The molecule has 0 atom stereocenters. The maximum absolute atomic E-state index is 12.7. The predicted molar refractivity (Wildman–Crippen MR) is 88.2 cm³/mol. The Morgan fingerprint density at radius 3 is 2.71 bits per heavy atom. The molecule has 0 saturated carbocycles. The molecular weight excluding hydrogens is 304 g/mol. The molecule has 0 aliphatic carbocycles. The van der Waals surface area contributed by atoms with Crippen molar-refractivity contribution in [3.63, 3.8) is 0 Å². The highest BCUT2D eigenvalue weighted by atomic mass is 32.2. The van der Waals surface area contributed by atoms with Gasteiger partial charge >= 0.3 is 0 Å². The van der Waals surface area contributed by atoms with E-state index in [2.05, 4.69) is 25.2 Å². The highest BCUT2D eigenvalue weighted by molar-refractivity contribution is 7.91. The van der Waals surface area contributed by atoms with Crippen LogP contribution < -0.4 is 5.32 Å². The van der Waals surface area contributed by atoms with Gasteiger partial charge in [0.05, 0.1) is 0 Å². The van der Waals surface area contributed by atoms with Crippen LogP contribution in [0.1, 0.15) is 37.6 Å². The van der Waals surface area contributed by atoms with Gasteiger partial charge in [0.1, 0.15) is 4.21 Å². The van der Waals surface area contributed by atoms with Gasteiger partial charge in [0.2, 0.25) is 0 Å². The van der Waals surface area contributed by atoms with Gasteiger partial charge in [-0.1, -0.05) is 25.5 Å². The predicted octanol–water partition coefficient (Wildman–Crippen LogP) is 2.90. The van der Waals surface area contributed by atoms with Crippen LogP contribution in [0.5, 0.6) is 0 Å². The fourth-order valence-corrected chi connectivity index (χ4v) is 5.49. The molecule has 0 radical (unpaired) electrons. The minimum absolute atomic E-state index is 0.390. The van der Waals surface area contributed by atoms with Crippen molar-refractivity contribution in [1.82, 2.24) is 9.62 Å². The normalized spacial score (nSPS) is 17.3. The summed E-state index contributed by atoms with van der Waals surface area (Å²) in [6, 6.07) is 2.20. The second-order valence-electron chi connectivity index (χ2n) is 5.88.